The molecule has 0 unspecified atom stereocenters. The standard InChI is InChI=1S/C25H24O7.C16H14O5.C2H6/c1-28-25(27)21-9-7-19(8-10-21)15-30-23-11-12-24(22(13-23)14-26)31-16-18-3-5-20(6-4-18)17-32-29-2;1-20-16(19)12-4-2-11(3-5-12)10-21-14-6-7-15(18)13(8-14)9-17;1-2/h3-14H,15-17H2,1-2H3;2-9,18H,10H2,1H3;1-2H3. The van der Waals surface area contributed by atoms with Crippen LogP contribution in [-0.4, -0.2) is 50.9 Å². The van der Waals surface area contributed by atoms with Gasteiger partial charge in [0.15, 0.2) is 12.6 Å². The van der Waals surface area contributed by atoms with Crippen LogP contribution in [0.1, 0.15) is 77.5 Å². The molecule has 0 aliphatic heterocycles. The van der Waals surface area contributed by atoms with Crippen LogP contribution in [0.15, 0.2) is 109 Å². The summed E-state index contributed by atoms with van der Waals surface area (Å²) < 4.78 is 26.4. The molecule has 1 N–H and O–H groups in total. The Labute approximate surface area is 320 Å². The Morgan fingerprint density at radius 3 is 1.36 bits per heavy atom. The number of benzene rings is 5. The third kappa shape index (κ3) is 13.8. The Bertz CT molecular complexity index is 1950. The van der Waals surface area contributed by atoms with Crippen molar-refractivity contribution in [2.24, 2.45) is 0 Å². The van der Waals surface area contributed by atoms with Crippen LogP contribution in [0.4, 0.5) is 0 Å². The number of aromatic hydroxyl groups is 1. The van der Waals surface area contributed by atoms with Crippen LogP contribution in [0.3, 0.4) is 0 Å². The fourth-order valence-electron chi connectivity index (χ4n) is 4.62. The van der Waals surface area contributed by atoms with E-state index in [2.05, 4.69) is 14.4 Å². The molecule has 55 heavy (non-hydrogen) atoms. The van der Waals surface area contributed by atoms with Crippen molar-refractivity contribution in [1.82, 2.24) is 0 Å². The molecule has 0 amide bonds. The minimum absolute atomic E-state index is 0.0835. The number of carbonyl (C=O) groups excluding carboxylic acids is 4. The van der Waals surface area contributed by atoms with E-state index in [4.69, 9.17) is 19.1 Å². The van der Waals surface area contributed by atoms with Crippen molar-refractivity contribution < 1.29 is 57.7 Å². The van der Waals surface area contributed by atoms with Crippen molar-refractivity contribution in [2.75, 3.05) is 21.3 Å². The first-order chi connectivity index (χ1) is 26.8. The molecule has 0 saturated heterocycles. The van der Waals surface area contributed by atoms with Gasteiger partial charge < -0.3 is 28.8 Å². The van der Waals surface area contributed by atoms with Gasteiger partial charge in [-0.2, -0.15) is 0 Å². The molecule has 0 aromatic heterocycles. The number of phenolic OH excluding ortho intramolecular Hbond substituents is 1. The van der Waals surface area contributed by atoms with E-state index in [9.17, 15) is 24.3 Å². The molecule has 5 rings (SSSR count). The molecule has 0 heterocycles. The molecule has 12 nitrogen and oxygen atoms in total. The van der Waals surface area contributed by atoms with E-state index in [0.29, 0.717) is 60.0 Å². The maximum atomic E-state index is 11.5. The van der Waals surface area contributed by atoms with Crippen LogP contribution in [-0.2, 0) is 45.7 Å². The lowest BCUT2D eigenvalue weighted by Gasteiger charge is -2.12. The van der Waals surface area contributed by atoms with Crippen molar-refractivity contribution in [1.29, 1.82) is 0 Å². The predicted molar refractivity (Wildman–Crippen MR) is 203 cm³/mol. The second kappa shape index (κ2) is 23.2. The molecular formula is C43H44O12. The summed E-state index contributed by atoms with van der Waals surface area (Å²) in [7, 11) is 4.13. The molecule has 0 fully saturated rings. The lowest BCUT2D eigenvalue weighted by molar-refractivity contribution is -0.282. The predicted octanol–water partition coefficient (Wildman–Crippen LogP) is 8.12. The Balaban J connectivity index is 0.000000306. The molecule has 0 aliphatic rings. The van der Waals surface area contributed by atoms with Gasteiger partial charge in [-0.15, -0.1) is 0 Å². The number of methoxy groups -OCH3 is 2. The number of phenols is 1. The van der Waals surface area contributed by atoms with E-state index < -0.39 is 5.97 Å². The highest BCUT2D eigenvalue weighted by atomic mass is 17.2. The summed E-state index contributed by atoms with van der Waals surface area (Å²) in [4.78, 5) is 54.5. The lowest BCUT2D eigenvalue weighted by atomic mass is 10.1. The first-order valence-electron chi connectivity index (χ1n) is 17.1. The second-order valence-corrected chi connectivity index (χ2v) is 11.1. The summed E-state index contributed by atoms with van der Waals surface area (Å²) in [5.41, 5.74) is 5.19. The van der Waals surface area contributed by atoms with Crippen LogP contribution in [0.5, 0.6) is 23.0 Å². The van der Waals surface area contributed by atoms with Crippen LogP contribution < -0.4 is 14.2 Å². The highest BCUT2D eigenvalue weighted by Crippen LogP contribution is 2.25. The van der Waals surface area contributed by atoms with E-state index in [1.54, 1.807) is 72.8 Å². The maximum Gasteiger partial charge on any atom is 0.337 e. The van der Waals surface area contributed by atoms with Crippen molar-refractivity contribution in [3.05, 3.63) is 154 Å². The minimum atomic E-state index is -0.392. The van der Waals surface area contributed by atoms with Gasteiger partial charge >= 0.3 is 11.9 Å². The van der Waals surface area contributed by atoms with Crippen LogP contribution >= 0.6 is 0 Å². The molecule has 0 saturated carbocycles. The van der Waals surface area contributed by atoms with E-state index in [1.807, 2.05) is 38.1 Å². The Morgan fingerprint density at radius 2 is 0.927 bits per heavy atom. The summed E-state index contributed by atoms with van der Waals surface area (Å²) in [5.74, 6) is 0.628. The second-order valence-electron chi connectivity index (χ2n) is 11.1. The molecule has 288 valence electrons. The fraction of sp³-hybridized carbons (Fsp3) is 0.209. The zero-order valence-corrected chi connectivity index (χ0v) is 31.3. The first-order valence-corrected chi connectivity index (χ1v) is 17.1. The van der Waals surface area contributed by atoms with Gasteiger partial charge in [-0.1, -0.05) is 62.4 Å². The average molecular weight is 753 g/mol. The molecular weight excluding hydrogens is 708 g/mol. The van der Waals surface area contributed by atoms with E-state index in [1.165, 1.54) is 33.5 Å². The monoisotopic (exact) mass is 752 g/mol. The first kappa shape index (κ1) is 42.9. The van der Waals surface area contributed by atoms with Crippen molar-refractivity contribution in [3.63, 3.8) is 0 Å². The molecule has 5 aromatic rings. The van der Waals surface area contributed by atoms with Gasteiger partial charge in [0.1, 0.15) is 49.4 Å². The van der Waals surface area contributed by atoms with Crippen molar-refractivity contribution in [3.8, 4) is 23.0 Å². The fourth-order valence-corrected chi connectivity index (χ4v) is 4.62. The Morgan fingerprint density at radius 1 is 0.527 bits per heavy atom. The summed E-state index contributed by atoms with van der Waals surface area (Å²) in [5, 5.41) is 9.40. The van der Waals surface area contributed by atoms with Crippen LogP contribution in [0, 0.1) is 0 Å². The normalized spacial score (nSPS) is 9.98. The number of aldehydes is 2. The van der Waals surface area contributed by atoms with Crippen LogP contribution in [0.2, 0.25) is 0 Å². The lowest BCUT2D eigenvalue weighted by Crippen LogP contribution is -2.02. The average Bonchev–Trinajstić information content (AvgIpc) is 3.25. The Hall–Kier alpha value is -6.50. The van der Waals surface area contributed by atoms with Crippen LogP contribution in [0.25, 0.3) is 0 Å². The molecule has 0 bridgehead atoms. The highest BCUT2D eigenvalue weighted by Gasteiger charge is 2.09. The van der Waals surface area contributed by atoms with Gasteiger partial charge in [0.05, 0.1) is 43.6 Å². The third-order valence-electron chi connectivity index (χ3n) is 7.56. The minimum Gasteiger partial charge on any atom is -0.507 e. The molecule has 0 atom stereocenters. The van der Waals surface area contributed by atoms with Crippen molar-refractivity contribution >= 4 is 24.5 Å². The number of carbonyl (C=O) groups is 4. The van der Waals surface area contributed by atoms with Gasteiger partial charge in [0.2, 0.25) is 0 Å². The number of esters is 2. The summed E-state index contributed by atoms with van der Waals surface area (Å²) >= 11 is 0. The SMILES string of the molecule is CC.COC(=O)c1ccc(COc2ccc(O)c(C=O)c2)cc1.COOCc1ccc(COc2ccc(OCc3ccc(C(=O)OC)cc3)cc2C=O)cc1. The maximum absolute atomic E-state index is 11.5. The summed E-state index contributed by atoms with van der Waals surface area (Å²) in [6.07, 6.45) is 1.30. The van der Waals surface area contributed by atoms with E-state index in [-0.39, 0.29) is 23.9 Å². The number of rotatable bonds is 16. The van der Waals surface area contributed by atoms with Crippen molar-refractivity contribution in [2.45, 2.75) is 40.3 Å². The molecule has 12 heteroatoms. The topological polar surface area (TPSA) is 153 Å². The van der Waals surface area contributed by atoms with Gasteiger partial charge in [0.25, 0.3) is 0 Å². The van der Waals surface area contributed by atoms with E-state index in [0.717, 1.165) is 28.5 Å². The van der Waals surface area contributed by atoms with Gasteiger partial charge in [-0.05, 0) is 82.9 Å². The zero-order chi connectivity index (χ0) is 40.0. The summed E-state index contributed by atoms with van der Waals surface area (Å²) in [6.45, 7) is 5.26. The molecule has 0 aliphatic carbocycles. The summed E-state index contributed by atoms with van der Waals surface area (Å²) in [6, 6.07) is 31.0. The van der Waals surface area contributed by atoms with Gasteiger partial charge in [0, 0.05) is 0 Å². The highest BCUT2D eigenvalue weighted by molar-refractivity contribution is 5.89. The quantitative estimate of drug-likeness (QED) is 0.0448. The third-order valence-corrected chi connectivity index (χ3v) is 7.56. The molecule has 0 spiro atoms. The smallest absolute Gasteiger partial charge is 0.337 e. The molecule has 0 radical (unpaired) electrons. The Kier molecular flexibility index (Phi) is 18.1. The number of hydrogen-bond acceptors (Lipinski definition) is 12. The van der Waals surface area contributed by atoms with E-state index >= 15 is 0 Å². The van der Waals surface area contributed by atoms with Gasteiger partial charge in [-0.25, -0.2) is 19.4 Å². The number of ether oxygens (including phenoxy) is 5. The largest absolute Gasteiger partial charge is 0.507 e. The number of hydrogen-bond donors (Lipinski definition) is 1. The van der Waals surface area contributed by atoms with Gasteiger partial charge in [-0.3, -0.25) is 9.59 Å². The molecule has 5 aromatic carbocycles. The zero-order valence-electron chi connectivity index (χ0n) is 31.3.